The summed E-state index contributed by atoms with van der Waals surface area (Å²) in [6.07, 6.45) is 5.18. The largest absolute Gasteiger partial charge is 0.326 e. The van der Waals surface area contributed by atoms with Crippen molar-refractivity contribution < 1.29 is 17.5 Å². The van der Waals surface area contributed by atoms with Crippen molar-refractivity contribution in [3.8, 4) is 0 Å². The van der Waals surface area contributed by atoms with Crippen LogP contribution in [0.2, 0.25) is 0 Å². The molecule has 0 aromatic rings. The molecule has 4 nitrogen and oxygen atoms in total. The van der Waals surface area contributed by atoms with Crippen LogP contribution in [0.25, 0.3) is 0 Å². The minimum absolute atomic E-state index is 0.0866. The van der Waals surface area contributed by atoms with Crippen LogP contribution in [0.1, 0.15) is 32.1 Å². The molecule has 5 heteroatoms. The van der Waals surface area contributed by atoms with E-state index in [-0.39, 0.29) is 5.75 Å². The Morgan fingerprint density at radius 1 is 1.13 bits per heavy atom. The van der Waals surface area contributed by atoms with Crippen LogP contribution in [-0.2, 0) is 10.1 Å². The van der Waals surface area contributed by atoms with Crippen molar-refractivity contribution >= 4 is 10.1 Å². The first-order valence-electron chi connectivity index (χ1n) is 5.70. The molecule has 0 aromatic carbocycles. The third-order valence-corrected chi connectivity index (χ3v) is 4.05. The van der Waals surface area contributed by atoms with Crippen molar-refractivity contribution in [2.45, 2.75) is 32.1 Å². The summed E-state index contributed by atoms with van der Waals surface area (Å²) < 4.78 is 30.6. The number of unbranched alkanes of at least 4 members (excludes halogenated alkanes) is 2. The zero-order chi connectivity index (χ0) is 11.4. The van der Waals surface area contributed by atoms with Gasteiger partial charge in [0.15, 0.2) is 0 Å². The number of likely N-dealkylation sites (tertiary alicyclic amines) is 1. The number of hydrogen-bond donors (Lipinski definition) is 1. The zero-order valence-electron chi connectivity index (χ0n) is 9.48. The minimum Gasteiger partial charge on any atom is -0.326 e. The van der Waals surface area contributed by atoms with Gasteiger partial charge in [-0.3, -0.25) is 4.55 Å². The SMILES string of the molecule is C[N+]1(CCCCCS(=O)(=O)O)CCCC1. The molecule has 0 bridgehead atoms. The van der Waals surface area contributed by atoms with Crippen LogP contribution >= 0.6 is 0 Å². The molecule has 1 N–H and O–H groups in total. The van der Waals surface area contributed by atoms with Crippen molar-refractivity contribution in [2.75, 3.05) is 32.4 Å². The van der Waals surface area contributed by atoms with E-state index in [9.17, 15) is 8.42 Å². The molecule has 0 aromatic heterocycles. The van der Waals surface area contributed by atoms with Gasteiger partial charge >= 0.3 is 0 Å². The first-order chi connectivity index (χ1) is 6.91. The third kappa shape index (κ3) is 5.49. The molecule has 1 saturated heterocycles. The molecule has 90 valence electrons. The predicted molar refractivity (Wildman–Crippen MR) is 60.3 cm³/mol. The highest BCUT2D eigenvalue weighted by Crippen LogP contribution is 2.17. The first kappa shape index (κ1) is 12.9. The molecule has 1 fully saturated rings. The monoisotopic (exact) mass is 236 g/mol. The van der Waals surface area contributed by atoms with Gasteiger partial charge in [-0.25, -0.2) is 0 Å². The molecule has 1 rings (SSSR count). The van der Waals surface area contributed by atoms with Crippen molar-refractivity contribution in [1.29, 1.82) is 0 Å². The van der Waals surface area contributed by atoms with Gasteiger partial charge in [0, 0.05) is 12.8 Å². The second-order valence-electron chi connectivity index (χ2n) is 4.84. The molecule has 0 aliphatic carbocycles. The van der Waals surface area contributed by atoms with Crippen LogP contribution in [-0.4, -0.2) is 49.9 Å². The number of quaternary nitrogens is 1. The molecule has 1 aliphatic heterocycles. The highest BCUT2D eigenvalue weighted by Gasteiger charge is 2.25. The molecular formula is C10H22NO3S+. The van der Waals surface area contributed by atoms with Crippen LogP contribution in [0.15, 0.2) is 0 Å². The van der Waals surface area contributed by atoms with E-state index in [0.29, 0.717) is 6.42 Å². The van der Waals surface area contributed by atoms with Gasteiger partial charge in [-0.2, -0.15) is 8.42 Å². The lowest BCUT2D eigenvalue weighted by Gasteiger charge is -2.29. The second kappa shape index (κ2) is 5.27. The Morgan fingerprint density at radius 2 is 1.73 bits per heavy atom. The third-order valence-electron chi connectivity index (χ3n) is 3.25. The van der Waals surface area contributed by atoms with E-state index < -0.39 is 10.1 Å². The Hall–Kier alpha value is -0.130. The van der Waals surface area contributed by atoms with Crippen LogP contribution in [0.5, 0.6) is 0 Å². The summed E-state index contributed by atoms with van der Waals surface area (Å²) in [6.45, 7) is 3.67. The average Bonchev–Trinajstić information content (AvgIpc) is 2.50. The summed E-state index contributed by atoms with van der Waals surface area (Å²) in [5, 5.41) is 0. The molecule has 1 aliphatic rings. The normalized spacial score (nSPS) is 20.7. The van der Waals surface area contributed by atoms with Gasteiger partial charge in [-0.1, -0.05) is 0 Å². The topological polar surface area (TPSA) is 54.4 Å². The molecule has 1 heterocycles. The number of nitrogens with zero attached hydrogens (tertiary/aromatic N) is 1. The van der Waals surface area contributed by atoms with Crippen LogP contribution in [0.3, 0.4) is 0 Å². The summed E-state index contributed by atoms with van der Waals surface area (Å²) >= 11 is 0. The Labute approximate surface area is 92.6 Å². The molecule has 0 spiro atoms. The number of hydrogen-bond acceptors (Lipinski definition) is 2. The Kier molecular flexibility index (Phi) is 4.55. The molecule has 15 heavy (non-hydrogen) atoms. The molecule has 0 saturated carbocycles. The molecule has 0 unspecified atom stereocenters. The van der Waals surface area contributed by atoms with Crippen molar-refractivity contribution in [1.82, 2.24) is 0 Å². The van der Waals surface area contributed by atoms with Crippen molar-refractivity contribution in [3.05, 3.63) is 0 Å². The fourth-order valence-electron chi connectivity index (χ4n) is 2.28. The maximum atomic E-state index is 10.5. The molecular weight excluding hydrogens is 214 g/mol. The van der Waals surface area contributed by atoms with E-state index in [0.717, 1.165) is 23.9 Å². The fourth-order valence-corrected chi connectivity index (χ4v) is 2.85. The van der Waals surface area contributed by atoms with E-state index in [4.69, 9.17) is 4.55 Å². The fraction of sp³-hybridized carbons (Fsp3) is 1.00. The van der Waals surface area contributed by atoms with Gasteiger partial charge < -0.3 is 4.48 Å². The van der Waals surface area contributed by atoms with Crippen LogP contribution in [0, 0.1) is 0 Å². The second-order valence-corrected chi connectivity index (χ2v) is 6.42. The molecule has 0 radical (unpaired) electrons. The van der Waals surface area contributed by atoms with Gasteiger partial charge in [0.1, 0.15) is 0 Å². The maximum Gasteiger partial charge on any atom is 0.264 e. The molecule has 0 amide bonds. The van der Waals surface area contributed by atoms with Crippen molar-refractivity contribution in [3.63, 3.8) is 0 Å². The standard InChI is InChI=1S/C10H21NO3S/c1-11(8-4-5-9-11)7-3-2-6-10-15(12,13)14/h2-10H2,1H3/p+1. The number of rotatable bonds is 6. The average molecular weight is 236 g/mol. The van der Waals surface area contributed by atoms with Gasteiger partial charge in [0.25, 0.3) is 10.1 Å². The van der Waals surface area contributed by atoms with E-state index >= 15 is 0 Å². The van der Waals surface area contributed by atoms with Crippen LogP contribution in [0.4, 0.5) is 0 Å². The lowest BCUT2D eigenvalue weighted by atomic mass is 10.2. The van der Waals surface area contributed by atoms with E-state index in [1.165, 1.54) is 25.9 Å². The zero-order valence-corrected chi connectivity index (χ0v) is 10.3. The summed E-state index contributed by atoms with van der Waals surface area (Å²) in [4.78, 5) is 0. The van der Waals surface area contributed by atoms with E-state index in [1.807, 2.05) is 0 Å². The van der Waals surface area contributed by atoms with E-state index in [2.05, 4.69) is 7.05 Å². The summed E-state index contributed by atoms with van der Waals surface area (Å²) in [5.74, 6) is -0.0866. The molecule has 0 atom stereocenters. The maximum absolute atomic E-state index is 10.5. The minimum atomic E-state index is -3.74. The highest BCUT2D eigenvalue weighted by atomic mass is 32.2. The van der Waals surface area contributed by atoms with Gasteiger partial charge in [-0.05, 0) is 19.3 Å². The van der Waals surface area contributed by atoms with Gasteiger partial charge in [0.2, 0.25) is 0 Å². The Morgan fingerprint density at radius 3 is 2.27 bits per heavy atom. The first-order valence-corrected chi connectivity index (χ1v) is 7.31. The lowest BCUT2D eigenvalue weighted by molar-refractivity contribution is -0.897. The van der Waals surface area contributed by atoms with Crippen LogP contribution < -0.4 is 0 Å². The smallest absolute Gasteiger partial charge is 0.264 e. The lowest BCUT2D eigenvalue weighted by Crippen LogP contribution is -2.41. The summed E-state index contributed by atoms with van der Waals surface area (Å²) in [5.41, 5.74) is 0. The quantitative estimate of drug-likeness (QED) is 0.429. The highest BCUT2D eigenvalue weighted by molar-refractivity contribution is 7.85. The van der Waals surface area contributed by atoms with Crippen molar-refractivity contribution in [2.24, 2.45) is 0 Å². The summed E-state index contributed by atoms with van der Waals surface area (Å²) in [7, 11) is -1.47. The van der Waals surface area contributed by atoms with E-state index in [1.54, 1.807) is 0 Å². The predicted octanol–water partition coefficient (Wildman–Crippen LogP) is 1.28. The Bertz CT molecular complexity index is 281. The van der Waals surface area contributed by atoms with Gasteiger partial charge in [0.05, 0.1) is 32.4 Å². The van der Waals surface area contributed by atoms with Gasteiger partial charge in [-0.15, -0.1) is 0 Å². The Balaban J connectivity index is 2.06. The summed E-state index contributed by atoms with van der Waals surface area (Å²) in [6, 6.07) is 0.